The summed E-state index contributed by atoms with van der Waals surface area (Å²) in [6, 6.07) is 0. The molecule has 0 fully saturated rings. The summed E-state index contributed by atoms with van der Waals surface area (Å²) < 4.78 is 0. The van der Waals surface area contributed by atoms with Gasteiger partial charge in [-0.05, 0) is 44.2 Å². The molecular formula is C22H32N4. The van der Waals surface area contributed by atoms with Crippen LogP contribution >= 0.6 is 0 Å². The van der Waals surface area contributed by atoms with Crippen molar-refractivity contribution in [2.24, 2.45) is 10.5 Å². The second-order valence-corrected chi connectivity index (χ2v) is 7.47. The third-order valence-corrected chi connectivity index (χ3v) is 4.01. The summed E-state index contributed by atoms with van der Waals surface area (Å²) >= 11 is 0. The average Bonchev–Trinajstić information content (AvgIpc) is 2.62. The molecule has 140 valence electrons. The molecule has 4 aliphatic heterocycles. The molecule has 4 rings (SSSR count). The summed E-state index contributed by atoms with van der Waals surface area (Å²) in [5.74, 6) is 0. The van der Waals surface area contributed by atoms with Gasteiger partial charge in [0, 0.05) is 24.4 Å². The van der Waals surface area contributed by atoms with Crippen LogP contribution in [0.3, 0.4) is 0 Å². The van der Waals surface area contributed by atoms with Crippen molar-refractivity contribution in [3.05, 3.63) is 71.9 Å². The van der Waals surface area contributed by atoms with Gasteiger partial charge in [-0.2, -0.15) is 5.10 Å². The first-order valence-corrected chi connectivity index (χ1v) is 9.39. The highest BCUT2D eigenvalue weighted by atomic mass is 15.4. The lowest BCUT2D eigenvalue weighted by Gasteiger charge is -2.31. The van der Waals surface area contributed by atoms with E-state index in [1.807, 2.05) is 43.4 Å². The molecular weight excluding hydrogens is 320 g/mol. The van der Waals surface area contributed by atoms with Gasteiger partial charge >= 0.3 is 0 Å². The van der Waals surface area contributed by atoms with Crippen LogP contribution in [0.1, 0.15) is 41.5 Å². The van der Waals surface area contributed by atoms with Crippen LogP contribution in [0.2, 0.25) is 0 Å². The van der Waals surface area contributed by atoms with Gasteiger partial charge in [0.25, 0.3) is 0 Å². The molecule has 4 heterocycles. The maximum Gasteiger partial charge on any atom is 0.0614 e. The summed E-state index contributed by atoms with van der Waals surface area (Å²) in [7, 11) is 0. The number of fused-ring (bicyclic) bond motifs is 1. The SMILES string of the molecule is CC.CC1(C)C=CC2=C(C=CCN2)N1.CC1(C)C=NN2C=CC=CC2=C1. The zero-order valence-corrected chi connectivity index (χ0v) is 16.9. The Balaban J connectivity index is 0.000000171. The number of hydrogen-bond donors (Lipinski definition) is 2. The van der Waals surface area contributed by atoms with E-state index in [0.717, 1.165) is 12.2 Å². The molecule has 0 amide bonds. The normalized spacial score (nSPS) is 22.5. The lowest BCUT2D eigenvalue weighted by atomic mass is 9.92. The molecule has 2 N–H and O–H groups in total. The lowest BCUT2D eigenvalue weighted by Crippen LogP contribution is -2.41. The first-order chi connectivity index (χ1) is 12.3. The minimum Gasteiger partial charge on any atom is -0.380 e. The highest BCUT2D eigenvalue weighted by molar-refractivity contribution is 5.69. The van der Waals surface area contributed by atoms with Gasteiger partial charge in [-0.15, -0.1) is 0 Å². The first kappa shape index (κ1) is 19.8. The van der Waals surface area contributed by atoms with E-state index in [1.165, 1.54) is 11.4 Å². The van der Waals surface area contributed by atoms with E-state index in [0.29, 0.717) is 0 Å². The van der Waals surface area contributed by atoms with Crippen LogP contribution in [0.25, 0.3) is 0 Å². The summed E-state index contributed by atoms with van der Waals surface area (Å²) in [6.45, 7) is 13.6. The van der Waals surface area contributed by atoms with Crippen molar-refractivity contribution in [2.45, 2.75) is 47.1 Å². The molecule has 0 aromatic rings. The average molecular weight is 353 g/mol. The topological polar surface area (TPSA) is 39.7 Å². The number of dihydropyridines is 2. The van der Waals surface area contributed by atoms with Crippen molar-refractivity contribution in [2.75, 3.05) is 6.54 Å². The van der Waals surface area contributed by atoms with Crippen molar-refractivity contribution in [1.82, 2.24) is 15.6 Å². The first-order valence-electron chi connectivity index (χ1n) is 9.39. The predicted molar refractivity (Wildman–Crippen MR) is 112 cm³/mol. The second-order valence-electron chi connectivity index (χ2n) is 7.47. The van der Waals surface area contributed by atoms with Crippen LogP contribution in [0, 0.1) is 5.41 Å². The molecule has 0 unspecified atom stereocenters. The molecule has 0 atom stereocenters. The maximum atomic E-state index is 4.31. The van der Waals surface area contributed by atoms with Gasteiger partial charge < -0.3 is 10.6 Å². The van der Waals surface area contributed by atoms with Crippen LogP contribution in [0.15, 0.2) is 77.0 Å². The summed E-state index contributed by atoms with van der Waals surface area (Å²) in [5, 5.41) is 12.9. The van der Waals surface area contributed by atoms with E-state index in [2.05, 4.69) is 79.9 Å². The van der Waals surface area contributed by atoms with Gasteiger partial charge in [0.2, 0.25) is 0 Å². The minimum absolute atomic E-state index is 0.0847. The number of hydrazone groups is 1. The Bertz CT molecular complexity index is 712. The summed E-state index contributed by atoms with van der Waals surface area (Å²) in [4.78, 5) is 0. The van der Waals surface area contributed by atoms with Crippen molar-refractivity contribution in [3.63, 3.8) is 0 Å². The van der Waals surface area contributed by atoms with Gasteiger partial charge in [-0.25, -0.2) is 5.01 Å². The van der Waals surface area contributed by atoms with Crippen molar-refractivity contribution in [1.29, 1.82) is 0 Å². The van der Waals surface area contributed by atoms with Crippen molar-refractivity contribution < 1.29 is 0 Å². The van der Waals surface area contributed by atoms with Crippen LogP contribution in [-0.4, -0.2) is 23.3 Å². The Morgan fingerprint density at radius 2 is 1.77 bits per heavy atom. The van der Waals surface area contributed by atoms with Gasteiger partial charge in [0.15, 0.2) is 0 Å². The number of hydrogen-bond acceptors (Lipinski definition) is 4. The molecule has 26 heavy (non-hydrogen) atoms. The molecule has 0 aromatic heterocycles. The summed E-state index contributed by atoms with van der Waals surface area (Å²) in [5.41, 5.74) is 3.74. The van der Waals surface area contributed by atoms with Gasteiger partial charge in [0.1, 0.15) is 0 Å². The maximum absolute atomic E-state index is 4.31. The van der Waals surface area contributed by atoms with Crippen LogP contribution in [-0.2, 0) is 0 Å². The second kappa shape index (κ2) is 8.26. The molecule has 4 heteroatoms. The van der Waals surface area contributed by atoms with Crippen LogP contribution in [0.4, 0.5) is 0 Å². The van der Waals surface area contributed by atoms with Gasteiger partial charge in [0.05, 0.1) is 22.6 Å². The Hall–Kier alpha value is -2.49. The number of allylic oxidation sites excluding steroid dienone is 6. The molecule has 0 bridgehead atoms. The highest BCUT2D eigenvalue weighted by Crippen LogP contribution is 2.26. The standard InChI is InChI=1S/C10H14N2.C10H12N2.C2H6/c1-10(2)6-5-8-9(12-10)4-3-7-11-8;1-10(2)7-9-5-3-4-6-12(9)11-8-10;1-2/h3-6,11-12H,7H2,1-2H3;3-8H,1-2H3;1-2H3. The predicted octanol–water partition coefficient (Wildman–Crippen LogP) is 4.60. The molecule has 0 saturated heterocycles. The third kappa shape index (κ3) is 5.25. The Morgan fingerprint density at radius 3 is 2.54 bits per heavy atom. The highest BCUT2D eigenvalue weighted by Gasteiger charge is 2.21. The monoisotopic (exact) mass is 352 g/mol. The number of nitrogens with zero attached hydrogens (tertiary/aromatic N) is 2. The Labute approximate surface area is 158 Å². The van der Waals surface area contributed by atoms with E-state index in [-0.39, 0.29) is 11.0 Å². The summed E-state index contributed by atoms with van der Waals surface area (Å²) in [6.07, 6.45) is 20.8. The molecule has 0 aliphatic carbocycles. The smallest absolute Gasteiger partial charge is 0.0614 e. The Kier molecular flexibility index (Phi) is 6.30. The van der Waals surface area contributed by atoms with E-state index >= 15 is 0 Å². The fourth-order valence-electron chi connectivity index (χ4n) is 2.77. The number of nitrogens with one attached hydrogen (secondary N) is 2. The van der Waals surface area contributed by atoms with Gasteiger partial charge in [-0.1, -0.05) is 45.9 Å². The molecule has 0 saturated carbocycles. The number of rotatable bonds is 0. The van der Waals surface area contributed by atoms with Crippen molar-refractivity contribution in [3.8, 4) is 0 Å². The molecule has 0 spiro atoms. The Morgan fingerprint density at radius 1 is 1.00 bits per heavy atom. The van der Waals surface area contributed by atoms with E-state index in [9.17, 15) is 0 Å². The lowest BCUT2D eigenvalue weighted by molar-refractivity contribution is 0.470. The fourth-order valence-corrected chi connectivity index (χ4v) is 2.77. The molecule has 0 radical (unpaired) electrons. The quantitative estimate of drug-likeness (QED) is 0.669. The van der Waals surface area contributed by atoms with Crippen molar-refractivity contribution >= 4 is 6.21 Å². The molecule has 4 aliphatic rings. The van der Waals surface area contributed by atoms with E-state index in [4.69, 9.17) is 0 Å². The minimum atomic E-state index is 0.0847. The molecule has 0 aromatic carbocycles. The largest absolute Gasteiger partial charge is 0.380 e. The molecule has 4 nitrogen and oxygen atoms in total. The zero-order chi connectivity index (χ0) is 19.2. The van der Waals surface area contributed by atoms with Crippen LogP contribution < -0.4 is 10.6 Å². The van der Waals surface area contributed by atoms with E-state index in [1.54, 1.807) is 0 Å². The fraction of sp³-hybridized carbons (Fsp3) is 0.409. The van der Waals surface area contributed by atoms with E-state index < -0.39 is 0 Å². The van der Waals surface area contributed by atoms with Gasteiger partial charge in [-0.3, -0.25) is 0 Å². The third-order valence-electron chi connectivity index (χ3n) is 4.01. The zero-order valence-electron chi connectivity index (χ0n) is 16.9. The van der Waals surface area contributed by atoms with Crippen LogP contribution in [0.5, 0.6) is 0 Å².